The third kappa shape index (κ3) is 12.8. The van der Waals surface area contributed by atoms with E-state index in [0.29, 0.717) is 13.5 Å². The van der Waals surface area contributed by atoms with Crippen LogP contribution < -0.4 is 0 Å². The molecule has 0 spiro atoms. The highest BCUT2D eigenvalue weighted by Gasteiger charge is 2.65. The quantitative estimate of drug-likeness (QED) is 0.0531. The number of esters is 3. The number of halogens is 6. The minimum Gasteiger partial charge on any atom is -0.459 e. The van der Waals surface area contributed by atoms with Crippen LogP contribution in [0.5, 0.6) is 0 Å². The van der Waals surface area contributed by atoms with Crippen LogP contribution in [0.25, 0.3) is 0 Å². The van der Waals surface area contributed by atoms with Crippen LogP contribution in [0.4, 0.5) is 26.3 Å². The van der Waals surface area contributed by atoms with Gasteiger partial charge in [-0.05, 0) is 71.8 Å². The zero-order chi connectivity index (χ0) is 43.9. The summed E-state index contributed by atoms with van der Waals surface area (Å²) in [7, 11) is 1.44. The highest BCUT2D eigenvalue weighted by molar-refractivity contribution is 5.86. The van der Waals surface area contributed by atoms with Gasteiger partial charge in [-0.3, -0.25) is 0 Å². The zero-order valence-electron chi connectivity index (χ0n) is 34.1. The minimum atomic E-state index is -5.30. The number of carbonyl (C=O) groups is 3. The molecule has 0 saturated heterocycles. The maximum Gasteiger partial charge on any atom is 0.432 e. The Bertz CT molecular complexity index is 1870. The number of rotatable bonds is 21. The summed E-state index contributed by atoms with van der Waals surface area (Å²) in [5.41, 5.74) is -4.30. The van der Waals surface area contributed by atoms with E-state index >= 15 is 0 Å². The van der Waals surface area contributed by atoms with Gasteiger partial charge >= 0.3 is 30.3 Å². The van der Waals surface area contributed by atoms with Gasteiger partial charge in [0, 0.05) is 43.4 Å². The van der Waals surface area contributed by atoms with Gasteiger partial charge in [0.1, 0.15) is 19.3 Å². The number of benzene rings is 2. The van der Waals surface area contributed by atoms with Gasteiger partial charge in [-0.15, -0.1) is 0 Å². The van der Waals surface area contributed by atoms with Crippen molar-refractivity contribution in [2.45, 2.75) is 102 Å². The number of hydrogen-bond acceptors (Lipinski definition) is 8. The molecule has 8 nitrogen and oxygen atoms in total. The number of cyclic esters (lactones) is 1. The van der Waals surface area contributed by atoms with Crippen LogP contribution in [0.1, 0.15) is 83.8 Å². The lowest BCUT2D eigenvalue weighted by atomic mass is 9.92. The monoisotopic (exact) mass is 834 g/mol. The maximum absolute atomic E-state index is 14.7. The van der Waals surface area contributed by atoms with Gasteiger partial charge in [0.2, 0.25) is 0 Å². The largest absolute Gasteiger partial charge is 0.459 e. The topological polar surface area (TPSA) is 97.4 Å². The van der Waals surface area contributed by atoms with Crippen molar-refractivity contribution in [2.75, 3.05) is 27.4 Å². The van der Waals surface area contributed by atoms with Crippen LogP contribution in [0, 0.1) is 0 Å². The summed E-state index contributed by atoms with van der Waals surface area (Å²) in [6.07, 6.45) is 0.0764. The van der Waals surface area contributed by atoms with Crippen LogP contribution in [0.3, 0.4) is 0 Å². The van der Waals surface area contributed by atoms with E-state index in [1.54, 1.807) is 0 Å². The molecule has 0 amide bonds. The fourth-order valence-electron chi connectivity index (χ4n) is 6.45. The fourth-order valence-corrected chi connectivity index (χ4v) is 6.45. The molecule has 3 rings (SSSR count). The molecule has 1 aliphatic heterocycles. The van der Waals surface area contributed by atoms with Crippen molar-refractivity contribution in [3.63, 3.8) is 0 Å². The number of hydrogen-bond donors (Lipinski definition) is 0. The van der Waals surface area contributed by atoms with Crippen LogP contribution >= 0.6 is 0 Å². The first-order valence-electron chi connectivity index (χ1n) is 19.0. The Morgan fingerprint density at radius 1 is 0.695 bits per heavy atom. The Labute approximate surface area is 341 Å². The molecular formula is C45H52F6O8. The molecule has 0 bridgehead atoms. The molecule has 1 heterocycles. The molecule has 0 aromatic heterocycles. The van der Waals surface area contributed by atoms with Gasteiger partial charge in [0.25, 0.3) is 11.2 Å². The smallest absolute Gasteiger partial charge is 0.432 e. The molecule has 322 valence electrons. The lowest BCUT2D eigenvalue weighted by Gasteiger charge is -2.34. The predicted molar refractivity (Wildman–Crippen MR) is 210 cm³/mol. The molecule has 14 heteroatoms. The summed E-state index contributed by atoms with van der Waals surface area (Å²) >= 11 is 0. The SMILES string of the molecule is CO[C@@](C(=O)OC/C(=C/C[C@@H](OC(=O)[C@](OC)(c1ccccc1)C(F)(F)F)C1=CC(=O)OC1)CC/C=C(\C)CC/C=C(\C)CCC=C(C)C)(c1ccccc1)C(F)(F)F. The molecule has 3 atom stereocenters. The predicted octanol–water partition coefficient (Wildman–Crippen LogP) is 10.6. The summed E-state index contributed by atoms with van der Waals surface area (Å²) in [6, 6.07) is 12.4. The van der Waals surface area contributed by atoms with Crippen molar-refractivity contribution < 1.29 is 64.4 Å². The Kier molecular flexibility index (Phi) is 18.0. The third-order valence-corrected chi connectivity index (χ3v) is 9.78. The standard InChI is InChI=1S/C45H52F6O8/c1-31(2)16-13-17-32(3)18-14-19-33(4)20-15-21-34(29-58-40(53)42(55-5,44(46,47)48)36-22-9-7-10-23-36)26-27-38(35-28-39(52)57-30-35)59-41(54)43(56-6,45(49,50)51)37-24-11-8-12-25-37/h7-12,16,18,20,22-26,28,38H,13-15,17,19,21,27,29-30H2,1-6H3/b32-18+,33-20+,34-26+/t38-,42-,43-/m1/s1. The summed E-state index contributed by atoms with van der Waals surface area (Å²) in [5.74, 6) is -4.40. The molecular weight excluding hydrogens is 782 g/mol. The summed E-state index contributed by atoms with van der Waals surface area (Å²) in [5, 5.41) is 0. The normalized spacial score (nSPS) is 16.6. The highest BCUT2D eigenvalue weighted by atomic mass is 19.4. The summed E-state index contributed by atoms with van der Waals surface area (Å²) in [4.78, 5) is 39.1. The van der Waals surface area contributed by atoms with Crippen molar-refractivity contribution >= 4 is 17.9 Å². The average molecular weight is 835 g/mol. The number of ether oxygens (including phenoxy) is 5. The fraction of sp³-hybridized carbons (Fsp3) is 0.444. The second kappa shape index (κ2) is 21.9. The first-order valence-corrected chi connectivity index (χ1v) is 19.0. The summed E-state index contributed by atoms with van der Waals surface area (Å²) < 4.78 is 114. The Balaban J connectivity index is 1.96. The van der Waals surface area contributed by atoms with Crippen molar-refractivity contribution in [3.05, 3.63) is 130 Å². The van der Waals surface area contributed by atoms with E-state index in [9.17, 15) is 40.7 Å². The van der Waals surface area contributed by atoms with E-state index < -0.39 is 71.9 Å². The average Bonchev–Trinajstić information content (AvgIpc) is 3.61. The zero-order valence-corrected chi connectivity index (χ0v) is 34.1. The van der Waals surface area contributed by atoms with Crippen molar-refractivity contribution in [3.8, 4) is 0 Å². The van der Waals surface area contributed by atoms with E-state index in [4.69, 9.17) is 23.7 Å². The molecule has 0 saturated carbocycles. The van der Waals surface area contributed by atoms with Crippen molar-refractivity contribution in [1.29, 1.82) is 0 Å². The molecule has 0 radical (unpaired) electrons. The number of carbonyl (C=O) groups excluding carboxylic acids is 3. The molecule has 0 fully saturated rings. The molecule has 0 aliphatic carbocycles. The van der Waals surface area contributed by atoms with Crippen molar-refractivity contribution in [2.24, 2.45) is 0 Å². The van der Waals surface area contributed by atoms with Crippen LogP contribution in [0.2, 0.25) is 0 Å². The van der Waals surface area contributed by atoms with Crippen LogP contribution in [-0.2, 0) is 49.3 Å². The molecule has 1 aliphatic rings. The van der Waals surface area contributed by atoms with E-state index in [1.807, 2.05) is 26.8 Å². The number of methoxy groups -OCH3 is 2. The van der Waals surface area contributed by atoms with Gasteiger partial charge in [-0.2, -0.15) is 26.3 Å². The van der Waals surface area contributed by atoms with Crippen LogP contribution in [0.15, 0.2) is 119 Å². The Hall–Kier alpha value is -4.95. The van der Waals surface area contributed by atoms with Crippen LogP contribution in [-0.4, -0.2) is 63.8 Å². The van der Waals surface area contributed by atoms with Gasteiger partial charge in [0.05, 0.1) is 0 Å². The van der Waals surface area contributed by atoms with E-state index in [0.717, 1.165) is 68.7 Å². The molecule has 2 aromatic rings. The van der Waals surface area contributed by atoms with E-state index in [2.05, 4.69) is 19.1 Å². The molecule has 59 heavy (non-hydrogen) atoms. The highest BCUT2D eigenvalue weighted by Crippen LogP contribution is 2.45. The van der Waals surface area contributed by atoms with Gasteiger partial charge < -0.3 is 23.7 Å². The first kappa shape index (κ1) is 48.4. The third-order valence-electron chi connectivity index (χ3n) is 9.78. The molecule has 0 N–H and O–H groups in total. The second-order valence-electron chi connectivity index (χ2n) is 14.4. The number of allylic oxidation sites excluding steroid dienone is 6. The first-order chi connectivity index (χ1) is 27.8. The van der Waals surface area contributed by atoms with Gasteiger partial charge in [-0.1, -0.05) is 102 Å². The van der Waals surface area contributed by atoms with E-state index in [-0.39, 0.29) is 24.0 Å². The Morgan fingerprint density at radius 3 is 1.61 bits per heavy atom. The molecule has 2 aromatic carbocycles. The minimum absolute atomic E-state index is 0.0238. The lowest BCUT2D eigenvalue weighted by Crippen LogP contribution is -2.52. The molecule has 0 unspecified atom stereocenters. The lowest BCUT2D eigenvalue weighted by molar-refractivity contribution is -0.278. The van der Waals surface area contributed by atoms with Gasteiger partial charge in [0.15, 0.2) is 0 Å². The van der Waals surface area contributed by atoms with E-state index in [1.165, 1.54) is 53.6 Å². The number of alkyl halides is 6. The van der Waals surface area contributed by atoms with Gasteiger partial charge in [-0.25, -0.2) is 14.4 Å². The van der Waals surface area contributed by atoms with Crippen molar-refractivity contribution in [1.82, 2.24) is 0 Å². The summed E-state index contributed by atoms with van der Waals surface area (Å²) in [6.45, 7) is 7.00. The second-order valence-corrected chi connectivity index (χ2v) is 14.4. The Morgan fingerprint density at radius 2 is 1.17 bits per heavy atom. The maximum atomic E-state index is 14.7.